The Kier molecular flexibility index (Phi) is 2.68. The van der Waals surface area contributed by atoms with Gasteiger partial charge in [0.25, 0.3) is 0 Å². The van der Waals surface area contributed by atoms with Crippen LogP contribution in [0.5, 0.6) is 0 Å². The summed E-state index contributed by atoms with van der Waals surface area (Å²) in [4.78, 5) is 17.1. The van der Waals surface area contributed by atoms with E-state index in [-0.39, 0.29) is 12.1 Å². The Balaban J connectivity index is 2.23. The van der Waals surface area contributed by atoms with Crippen molar-refractivity contribution in [1.82, 2.24) is 14.5 Å². The van der Waals surface area contributed by atoms with Crippen LogP contribution in [0, 0.1) is 0 Å². The molecule has 1 fully saturated rings. The number of imidazole rings is 1. The summed E-state index contributed by atoms with van der Waals surface area (Å²) in [6.45, 7) is 6.96. The first kappa shape index (κ1) is 10.7. The van der Waals surface area contributed by atoms with Gasteiger partial charge in [0.15, 0.2) is 0 Å². The van der Waals surface area contributed by atoms with Gasteiger partial charge in [-0.2, -0.15) is 0 Å². The zero-order valence-corrected chi connectivity index (χ0v) is 9.51. The third-order valence-electron chi connectivity index (χ3n) is 2.86. The monoisotopic (exact) mass is 221 g/mol. The summed E-state index contributed by atoms with van der Waals surface area (Å²) in [5.41, 5.74) is 1.80. The number of hydrogen-bond acceptors (Lipinski definition) is 3. The van der Waals surface area contributed by atoms with E-state index in [0.717, 1.165) is 11.3 Å². The van der Waals surface area contributed by atoms with Gasteiger partial charge < -0.3 is 9.30 Å². The summed E-state index contributed by atoms with van der Waals surface area (Å²) >= 11 is 0. The maximum Gasteiger partial charge on any atom is 0.410 e. The van der Waals surface area contributed by atoms with Gasteiger partial charge in [-0.1, -0.05) is 6.58 Å². The molecule has 5 nitrogen and oxygen atoms in total. The van der Waals surface area contributed by atoms with E-state index in [0.29, 0.717) is 13.2 Å². The Labute approximate surface area is 94.3 Å². The second kappa shape index (κ2) is 4.00. The molecule has 0 aliphatic carbocycles. The number of aromatic nitrogens is 2. The standard InChI is InChI=1S/C11H15N3O2/c1-4-14-10(6-16-11(14)15)8(2)9-5-12-7-13(9)3/h5,7,10H,2,4,6H2,1,3H3/t10-/m1/s1. The highest BCUT2D eigenvalue weighted by Gasteiger charge is 2.34. The van der Waals surface area contributed by atoms with Crippen LogP contribution in [0.1, 0.15) is 12.6 Å². The van der Waals surface area contributed by atoms with Crippen molar-refractivity contribution in [2.45, 2.75) is 13.0 Å². The molecule has 1 aromatic rings. The van der Waals surface area contributed by atoms with E-state index in [2.05, 4.69) is 11.6 Å². The number of carbonyl (C=O) groups is 1. The predicted octanol–water partition coefficient (Wildman–Crippen LogP) is 1.27. The van der Waals surface area contributed by atoms with Crippen LogP contribution in [0.15, 0.2) is 19.1 Å². The minimum atomic E-state index is -0.268. The van der Waals surface area contributed by atoms with Crippen LogP contribution in [0.25, 0.3) is 5.57 Å². The number of likely N-dealkylation sites (N-methyl/N-ethyl adjacent to an activating group) is 1. The van der Waals surface area contributed by atoms with Gasteiger partial charge in [0.2, 0.25) is 0 Å². The quantitative estimate of drug-likeness (QED) is 0.772. The topological polar surface area (TPSA) is 47.4 Å². The molecule has 1 amide bonds. The van der Waals surface area contributed by atoms with Gasteiger partial charge in [0, 0.05) is 13.6 Å². The van der Waals surface area contributed by atoms with Crippen LogP contribution in [0.2, 0.25) is 0 Å². The van der Waals surface area contributed by atoms with Gasteiger partial charge in [-0.15, -0.1) is 0 Å². The van der Waals surface area contributed by atoms with Gasteiger partial charge in [-0.3, -0.25) is 4.90 Å². The van der Waals surface area contributed by atoms with E-state index in [1.54, 1.807) is 17.4 Å². The molecule has 16 heavy (non-hydrogen) atoms. The van der Waals surface area contributed by atoms with Crippen molar-refractivity contribution >= 4 is 11.7 Å². The fourth-order valence-corrected chi connectivity index (χ4v) is 1.93. The van der Waals surface area contributed by atoms with Crippen LogP contribution >= 0.6 is 0 Å². The number of carbonyl (C=O) groups excluding carboxylic acids is 1. The van der Waals surface area contributed by atoms with E-state index < -0.39 is 0 Å². The number of amides is 1. The number of rotatable bonds is 3. The molecule has 0 N–H and O–H groups in total. The molecule has 0 aromatic carbocycles. The van der Waals surface area contributed by atoms with Gasteiger partial charge >= 0.3 is 6.09 Å². The zero-order valence-electron chi connectivity index (χ0n) is 9.51. The average Bonchev–Trinajstić information content (AvgIpc) is 2.83. The minimum absolute atomic E-state index is 0.0760. The van der Waals surface area contributed by atoms with Crippen molar-refractivity contribution < 1.29 is 9.53 Å². The first-order valence-electron chi connectivity index (χ1n) is 5.24. The largest absolute Gasteiger partial charge is 0.447 e. The van der Waals surface area contributed by atoms with Crippen molar-refractivity contribution in [3.63, 3.8) is 0 Å². The normalized spacial score (nSPS) is 20.0. The molecule has 1 aliphatic heterocycles. The van der Waals surface area contributed by atoms with Gasteiger partial charge in [-0.05, 0) is 12.5 Å². The Hall–Kier alpha value is -1.78. The van der Waals surface area contributed by atoms with Crippen LogP contribution in [-0.4, -0.2) is 39.7 Å². The summed E-state index contributed by atoms with van der Waals surface area (Å²) in [5, 5.41) is 0. The van der Waals surface area contributed by atoms with Gasteiger partial charge in [-0.25, -0.2) is 9.78 Å². The third-order valence-corrected chi connectivity index (χ3v) is 2.86. The lowest BCUT2D eigenvalue weighted by molar-refractivity contribution is 0.159. The lowest BCUT2D eigenvalue weighted by Crippen LogP contribution is -2.34. The summed E-state index contributed by atoms with van der Waals surface area (Å²) in [5.74, 6) is 0. The molecule has 86 valence electrons. The van der Waals surface area contributed by atoms with Crippen molar-refractivity contribution in [2.75, 3.05) is 13.2 Å². The number of aryl methyl sites for hydroxylation is 1. The molecule has 0 radical (unpaired) electrons. The molecule has 1 aliphatic rings. The third kappa shape index (κ3) is 1.58. The van der Waals surface area contributed by atoms with Crippen molar-refractivity contribution in [1.29, 1.82) is 0 Å². The first-order valence-corrected chi connectivity index (χ1v) is 5.24. The molecule has 1 saturated heterocycles. The number of hydrogen-bond donors (Lipinski definition) is 0. The van der Waals surface area contributed by atoms with Gasteiger partial charge in [0.05, 0.1) is 24.3 Å². The fourth-order valence-electron chi connectivity index (χ4n) is 1.93. The average molecular weight is 221 g/mol. The molecular weight excluding hydrogens is 206 g/mol. The summed E-state index contributed by atoms with van der Waals surface area (Å²) in [6.07, 6.45) is 3.20. The zero-order chi connectivity index (χ0) is 11.7. The molecule has 0 bridgehead atoms. The number of ether oxygens (including phenoxy) is 1. The molecule has 0 spiro atoms. The van der Waals surface area contributed by atoms with Crippen LogP contribution in [0.3, 0.4) is 0 Å². The van der Waals surface area contributed by atoms with Gasteiger partial charge in [0.1, 0.15) is 6.61 Å². The van der Waals surface area contributed by atoms with Crippen molar-refractivity contribution in [2.24, 2.45) is 7.05 Å². The maximum atomic E-state index is 11.4. The predicted molar refractivity (Wildman–Crippen MR) is 59.8 cm³/mol. The molecule has 5 heteroatoms. The minimum Gasteiger partial charge on any atom is -0.447 e. The SMILES string of the molecule is C=C(c1cncn1C)[C@H]1COC(=O)N1CC. The Morgan fingerprint density at radius 1 is 1.75 bits per heavy atom. The molecule has 0 unspecified atom stereocenters. The molecule has 1 aromatic heterocycles. The highest BCUT2D eigenvalue weighted by Crippen LogP contribution is 2.24. The van der Waals surface area contributed by atoms with Crippen LogP contribution < -0.4 is 0 Å². The maximum absolute atomic E-state index is 11.4. The number of nitrogens with zero attached hydrogens (tertiary/aromatic N) is 3. The summed E-state index contributed by atoms with van der Waals surface area (Å²) < 4.78 is 6.91. The number of cyclic esters (lactones) is 1. The summed E-state index contributed by atoms with van der Waals surface area (Å²) in [7, 11) is 1.90. The van der Waals surface area contributed by atoms with E-state index in [4.69, 9.17) is 4.74 Å². The van der Waals surface area contributed by atoms with E-state index in [1.165, 1.54) is 0 Å². The molecular formula is C11H15N3O2. The van der Waals surface area contributed by atoms with E-state index in [1.807, 2.05) is 18.5 Å². The second-order valence-electron chi connectivity index (χ2n) is 3.79. The Bertz CT molecular complexity index is 425. The Morgan fingerprint density at radius 3 is 3.06 bits per heavy atom. The lowest BCUT2D eigenvalue weighted by atomic mass is 10.1. The molecule has 1 atom stereocenters. The highest BCUT2D eigenvalue weighted by molar-refractivity contribution is 5.77. The van der Waals surface area contributed by atoms with E-state index in [9.17, 15) is 4.79 Å². The molecule has 0 saturated carbocycles. The summed E-state index contributed by atoms with van der Waals surface area (Å²) in [6, 6.07) is -0.0760. The second-order valence-corrected chi connectivity index (χ2v) is 3.79. The van der Waals surface area contributed by atoms with Crippen molar-refractivity contribution in [3.8, 4) is 0 Å². The fraction of sp³-hybridized carbons (Fsp3) is 0.455. The lowest BCUT2D eigenvalue weighted by Gasteiger charge is -2.21. The van der Waals surface area contributed by atoms with Crippen LogP contribution in [-0.2, 0) is 11.8 Å². The van der Waals surface area contributed by atoms with E-state index >= 15 is 0 Å². The Morgan fingerprint density at radius 2 is 2.50 bits per heavy atom. The van der Waals surface area contributed by atoms with Crippen molar-refractivity contribution in [3.05, 3.63) is 24.8 Å². The smallest absolute Gasteiger partial charge is 0.410 e. The highest BCUT2D eigenvalue weighted by atomic mass is 16.6. The first-order chi connectivity index (χ1) is 7.65. The molecule has 2 rings (SSSR count). The van der Waals surface area contributed by atoms with Crippen LogP contribution in [0.4, 0.5) is 4.79 Å². The molecule has 2 heterocycles.